The van der Waals surface area contributed by atoms with Crippen molar-refractivity contribution in [2.75, 3.05) is 13.1 Å². The highest BCUT2D eigenvalue weighted by molar-refractivity contribution is 7.89. The summed E-state index contributed by atoms with van der Waals surface area (Å²) in [5, 5.41) is 7.57. The second-order valence-corrected chi connectivity index (χ2v) is 9.07. The summed E-state index contributed by atoms with van der Waals surface area (Å²) in [6, 6.07) is 3.54. The van der Waals surface area contributed by atoms with E-state index in [1.807, 2.05) is 0 Å². The van der Waals surface area contributed by atoms with Crippen LogP contribution in [0.3, 0.4) is 0 Å². The fourth-order valence-corrected chi connectivity index (χ4v) is 5.24. The largest absolute Gasteiger partial charge is 0.455 e. The van der Waals surface area contributed by atoms with Gasteiger partial charge in [-0.05, 0) is 38.8 Å². The minimum Gasteiger partial charge on any atom is -0.455 e. The van der Waals surface area contributed by atoms with E-state index in [4.69, 9.17) is 13.8 Å². The summed E-state index contributed by atoms with van der Waals surface area (Å²) in [7, 11) is -3.72. The number of aryl methyl sites for hydroxylation is 2. The predicted molar refractivity (Wildman–Crippen MR) is 105 cm³/mol. The van der Waals surface area contributed by atoms with Crippen molar-refractivity contribution in [2.45, 2.75) is 38.2 Å². The molecule has 4 rings (SSSR count). The first-order valence-corrected chi connectivity index (χ1v) is 11.1. The number of pyridine rings is 1. The van der Waals surface area contributed by atoms with Crippen LogP contribution in [0.1, 0.15) is 30.2 Å². The molecule has 11 nitrogen and oxygen atoms in total. The van der Waals surface area contributed by atoms with E-state index in [0.717, 1.165) is 0 Å². The zero-order chi connectivity index (χ0) is 22.0. The zero-order valence-electron chi connectivity index (χ0n) is 17.0. The molecule has 1 fully saturated rings. The molecule has 4 heterocycles. The molecule has 0 radical (unpaired) electrons. The Morgan fingerprint density at radius 2 is 2.00 bits per heavy atom. The third kappa shape index (κ3) is 4.35. The van der Waals surface area contributed by atoms with Crippen LogP contribution in [0.2, 0.25) is 0 Å². The Kier molecular flexibility index (Phi) is 5.83. The molecule has 0 aromatic carbocycles. The highest BCUT2D eigenvalue weighted by Gasteiger charge is 2.36. The molecular weight excluding hydrogens is 426 g/mol. The van der Waals surface area contributed by atoms with Crippen LogP contribution in [0, 0.1) is 19.8 Å². The van der Waals surface area contributed by atoms with Crippen LogP contribution in [0.4, 0.5) is 0 Å². The van der Waals surface area contributed by atoms with E-state index in [-0.39, 0.29) is 36.2 Å². The van der Waals surface area contributed by atoms with Gasteiger partial charge >= 0.3 is 5.97 Å². The number of rotatable bonds is 6. The number of carbonyl (C=O) groups excluding carboxylic acids is 1. The Morgan fingerprint density at radius 1 is 1.23 bits per heavy atom. The molecule has 0 spiro atoms. The molecule has 0 saturated carbocycles. The van der Waals surface area contributed by atoms with Gasteiger partial charge in [-0.1, -0.05) is 10.3 Å². The summed E-state index contributed by atoms with van der Waals surface area (Å²) >= 11 is 0. The molecule has 164 valence electrons. The first-order chi connectivity index (χ1) is 14.9. The molecule has 0 atom stereocenters. The van der Waals surface area contributed by atoms with E-state index in [1.54, 1.807) is 38.4 Å². The Labute approximate surface area is 178 Å². The number of hydrogen-bond acceptors (Lipinski definition) is 10. The van der Waals surface area contributed by atoms with Gasteiger partial charge in [0.2, 0.25) is 15.8 Å². The van der Waals surface area contributed by atoms with Gasteiger partial charge in [0.25, 0.3) is 5.89 Å². The lowest BCUT2D eigenvalue weighted by Gasteiger charge is -2.29. The van der Waals surface area contributed by atoms with E-state index in [9.17, 15) is 13.2 Å². The predicted octanol–water partition coefficient (Wildman–Crippen LogP) is 1.88. The molecule has 1 aliphatic rings. The van der Waals surface area contributed by atoms with Crippen molar-refractivity contribution in [3.05, 3.63) is 41.9 Å². The molecule has 12 heteroatoms. The number of aromatic nitrogens is 4. The van der Waals surface area contributed by atoms with Gasteiger partial charge in [0, 0.05) is 31.0 Å². The summed E-state index contributed by atoms with van der Waals surface area (Å²) in [6.07, 6.45) is 3.95. The minimum absolute atomic E-state index is 0.0920. The number of carbonyl (C=O) groups is 1. The number of sulfonamides is 1. The van der Waals surface area contributed by atoms with Crippen LogP contribution in [0.15, 0.2) is 38.5 Å². The number of piperidine rings is 1. The van der Waals surface area contributed by atoms with Gasteiger partial charge in [0.15, 0.2) is 12.4 Å². The highest BCUT2D eigenvalue weighted by atomic mass is 32.2. The fraction of sp³-hybridized carbons (Fsp3) is 0.421. The van der Waals surface area contributed by atoms with Crippen molar-refractivity contribution >= 4 is 16.0 Å². The molecule has 0 bridgehead atoms. The summed E-state index contributed by atoms with van der Waals surface area (Å²) in [5.41, 5.74) is 1.01. The van der Waals surface area contributed by atoms with Crippen LogP contribution in [0.25, 0.3) is 11.4 Å². The molecule has 3 aromatic heterocycles. The second-order valence-electron chi connectivity index (χ2n) is 7.19. The van der Waals surface area contributed by atoms with Crippen molar-refractivity contribution in [1.82, 2.24) is 24.6 Å². The van der Waals surface area contributed by atoms with Gasteiger partial charge in [-0.15, -0.1) is 0 Å². The molecule has 0 aliphatic carbocycles. The summed E-state index contributed by atoms with van der Waals surface area (Å²) in [4.78, 5) is 20.7. The summed E-state index contributed by atoms with van der Waals surface area (Å²) in [5.74, 6) is -0.0424. The molecule has 3 aromatic rings. The Bertz CT molecular complexity index is 1150. The van der Waals surface area contributed by atoms with E-state index >= 15 is 0 Å². The smallest absolute Gasteiger partial charge is 0.309 e. The number of esters is 1. The Balaban J connectivity index is 1.31. The van der Waals surface area contributed by atoms with Crippen molar-refractivity contribution in [3.63, 3.8) is 0 Å². The third-order valence-corrected chi connectivity index (χ3v) is 7.22. The molecule has 1 saturated heterocycles. The van der Waals surface area contributed by atoms with Crippen LogP contribution in [-0.2, 0) is 26.2 Å². The maximum Gasteiger partial charge on any atom is 0.309 e. The highest BCUT2D eigenvalue weighted by Crippen LogP contribution is 2.28. The van der Waals surface area contributed by atoms with Gasteiger partial charge in [-0.3, -0.25) is 9.78 Å². The lowest BCUT2D eigenvalue weighted by molar-refractivity contribution is -0.152. The Morgan fingerprint density at radius 3 is 2.65 bits per heavy atom. The van der Waals surface area contributed by atoms with Gasteiger partial charge in [0.1, 0.15) is 10.6 Å². The number of hydrogen-bond donors (Lipinski definition) is 0. The van der Waals surface area contributed by atoms with E-state index in [2.05, 4.69) is 20.3 Å². The lowest BCUT2D eigenvalue weighted by atomic mass is 9.98. The van der Waals surface area contributed by atoms with Gasteiger partial charge in [0.05, 0.1) is 5.92 Å². The van der Waals surface area contributed by atoms with Crippen LogP contribution >= 0.6 is 0 Å². The fourth-order valence-electron chi connectivity index (χ4n) is 3.48. The van der Waals surface area contributed by atoms with Crippen molar-refractivity contribution in [3.8, 4) is 11.4 Å². The van der Waals surface area contributed by atoms with Crippen molar-refractivity contribution in [2.24, 2.45) is 5.92 Å². The topological polar surface area (TPSA) is 142 Å². The molecule has 31 heavy (non-hydrogen) atoms. The molecule has 0 N–H and O–H groups in total. The number of ether oxygens (including phenoxy) is 1. The molecule has 0 unspecified atom stereocenters. The second kappa shape index (κ2) is 8.55. The SMILES string of the molecule is Cc1noc(C)c1S(=O)(=O)N1CCC(C(=O)OCc2nc(-c3cccnc3)no2)CC1. The molecular formula is C19H21N5O6S. The van der Waals surface area contributed by atoms with Crippen molar-refractivity contribution in [1.29, 1.82) is 0 Å². The number of nitrogens with zero attached hydrogens (tertiary/aromatic N) is 5. The van der Waals surface area contributed by atoms with Crippen LogP contribution < -0.4 is 0 Å². The minimum atomic E-state index is -3.72. The van der Waals surface area contributed by atoms with E-state index in [0.29, 0.717) is 29.9 Å². The summed E-state index contributed by atoms with van der Waals surface area (Å²) < 4.78 is 42.5. The van der Waals surface area contributed by atoms with Gasteiger partial charge < -0.3 is 13.8 Å². The first-order valence-electron chi connectivity index (χ1n) is 9.69. The van der Waals surface area contributed by atoms with Gasteiger partial charge in [-0.2, -0.15) is 9.29 Å². The zero-order valence-corrected chi connectivity index (χ0v) is 17.8. The van der Waals surface area contributed by atoms with Crippen molar-refractivity contribution < 1.29 is 27.0 Å². The maximum absolute atomic E-state index is 12.9. The first kappa shape index (κ1) is 21.1. The molecule has 0 amide bonds. The monoisotopic (exact) mass is 447 g/mol. The maximum atomic E-state index is 12.9. The Hall–Kier alpha value is -3.12. The van der Waals surface area contributed by atoms with E-state index in [1.165, 1.54) is 4.31 Å². The standard InChI is InChI=1S/C19H21N5O6S/c1-12-17(13(2)29-22-12)31(26,27)24-8-5-14(6-9-24)19(25)28-11-16-21-18(23-30-16)15-4-3-7-20-10-15/h3-4,7,10,14H,5-6,8-9,11H2,1-2H3. The van der Waals surface area contributed by atoms with Crippen LogP contribution in [0.5, 0.6) is 0 Å². The average molecular weight is 447 g/mol. The normalized spacial score (nSPS) is 15.8. The van der Waals surface area contributed by atoms with Crippen LogP contribution in [-0.4, -0.2) is 52.1 Å². The average Bonchev–Trinajstić information content (AvgIpc) is 3.39. The summed E-state index contributed by atoms with van der Waals surface area (Å²) in [6.45, 7) is 3.42. The van der Waals surface area contributed by atoms with E-state index < -0.39 is 21.9 Å². The third-order valence-electron chi connectivity index (χ3n) is 5.08. The molecule has 1 aliphatic heterocycles. The van der Waals surface area contributed by atoms with Gasteiger partial charge in [-0.25, -0.2) is 8.42 Å². The lowest BCUT2D eigenvalue weighted by Crippen LogP contribution is -2.40. The quantitative estimate of drug-likeness (QED) is 0.514.